The van der Waals surface area contributed by atoms with Crippen LogP contribution in [-0.2, 0) is 12.8 Å². The fraction of sp³-hybridized carbons (Fsp3) is 0.556. The molecule has 1 aromatic heterocycles. The van der Waals surface area contributed by atoms with E-state index in [2.05, 4.69) is 41.9 Å². The molecule has 0 amide bonds. The second kappa shape index (κ2) is 12.5. The molecule has 1 fully saturated rings. The van der Waals surface area contributed by atoms with Crippen LogP contribution in [0.2, 0.25) is 0 Å². The van der Waals surface area contributed by atoms with Gasteiger partial charge in [-0.3, -0.25) is 9.98 Å². The quantitative estimate of drug-likeness (QED) is 0.310. The van der Waals surface area contributed by atoms with Gasteiger partial charge >= 0.3 is 0 Å². The molecule has 0 atom stereocenters. The molecule has 1 aliphatic rings. The Balaban J connectivity index is 1.65. The number of rotatable bonds is 11. The molecule has 1 aromatic carbocycles. The van der Waals surface area contributed by atoms with Crippen LogP contribution in [0.15, 0.2) is 47.7 Å². The van der Waals surface area contributed by atoms with Gasteiger partial charge in [-0.15, -0.1) is 0 Å². The summed E-state index contributed by atoms with van der Waals surface area (Å²) in [6.07, 6.45) is 18.3. The summed E-state index contributed by atoms with van der Waals surface area (Å²) < 4.78 is 0. The van der Waals surface area contributed by atoms with Crippen molar-refractivity contribution in [2.45, 2.75) is 84.1 Å². The first-order chi connectivity index (χ1) is 14.8. The van der Waals surface area contributed by atoms with Gasteiger partial charge in [0.15, 0.2) is 0 Å². The number of anilines is 1. The molecule has 1 saturated heterocycles. The van der Waals surface area contributed by atoms with Crippen LogP contribution in [-0.4, -0.2) is 30.3 Å². The first kappa shape index (κ1) is 22.5. The van der Waals surface area contributed by atoms with Crippen LogP contribution in [0.5, 0.6) is 0 Å². The minimum atomic E-state index is 0.436. The van der Waals surface area contributed by atoms with Gasteiger partial charge < -0.3 is 4.90 Å². The van der Waals surface area contributed by atoms with Crippen molar-refractivity contribution in [3.63, 3.8) is 0 Å². The number of aliphatic imine (C=N–C) groups is 1. The van der Waals surface area contributed by atoms with Crippen LogP contribution < -0.4 is 4.90 Å². The number of benzene rings is 1. The van der Waals surface area contributed by atoms with Crippen molar-refractivity contribution in [3.05, 3.63) is 59.4 Å². The van der Waals surface area contributed by atoms with Crippen molar-refractivity contribution < 1.29 is 0 Å². The minimum Gasteiger partial charge on any atom is -0.371 e. The van der Waals surface area contributed by atoms with Crippen LogP contribution in [0, 0.1) is 0 Å². The Morgan fingerprint density at radius 2 is 1.63 bits per heavy atom. The Morgan fingerprint density at radius 1 is 0.933 bits per heavy atom. The van der Waals surface area contributed by atoms with E-state index in [0.29, 0.717) is 6.04 Å². The lowest BCUT2D eigenvalue weighted by Crippen LogP contribution is -2.36. The van der Waals surface area contributed by atoms with E-state index in [-0.39, 0.29) is 0 Å². The number of hydrogen-bond donors (Lipinski definition) is 0. The highest BCUT2D eigenvalue weighted by Gasteiger charge is 2.21. The zero-order valence-electron chi connectivity index (χ0n) is 19.0. The van der Waals surface area contributed by atoms with E-state index in [4.69, 9.17) is 4.99 Å². The third kappa shape index (κ3) is 6.68. The summed E-state index contributed by atoms with van der Waals surface area (Å²) in [5.41, 5.74) is 5.86. The maximum Gasteiger partial charge on any atom is 0.0533 e. The van der Waals surface area contributed by atoms with Gasteiger partial charge in [-0.05, 0) is 73.4 Å². The van der Waals surface area contributed by atoms with Gasteiger partial charge in [0.1, 0.15) is 0 Å². The summed E-state index contributed by atoms with van der Waals surface area (Å²) in [4.78, 5) is 11.6. The molecule has 2 heterocycles. The molecule has 0 spiro atoms. The summed E-state index contributed by atoms with van der Waals surface area (Å²) in [6.45, 7) is 6.81. The van der Waals surface area contributed by atoms with Crippen molar-refractivity contribution in [1.29, 1.82) is 0 Å². The highest BCUT2D eigenvalue weighted by atomic mass is 15.1. The summed E-state index contributed by atoms with van der Waals surface area (Å²) in [5.74, 6) is 0. The Bertz CT molecular complexity index is 761. The van der Waals surface area contributed by atoms with Crippen molar-refractivity contribution in [2.75, 3.05) is 18.0 Å². The maximum absolute atomic E-state index is 4.85. The number of aromatic nitrogens is 1. The van der Waals surface area contributed by atoms with Gasteiger partial charge in [0.05, 0.1) is 6.04 Å². The smallest absolute Gasteiger partial charge is 0.0533 e. The molecule has 3 nitrogen and oxygen atoms in total. The van der Waals surface area contributed by atoms with Crippen LogP contribution in [0.25, 0.3) is 0 Å². The van der Waals surface area contributed by atoms with Crippen molar-refractivity contribution >= 4 is 11.9 Å². The number of pyridine rings is 1. The maximum atomic E-state index is 4.85. The van der Waals surface area contributed by atoms with Gasteiger partial charge in [-0.25, -0.2) is 0 Å². The fourth-order valence-electron chi connectivity index (χ4n) is 4.45. The van der Waals surface area contributed by atoms with Gasteiger partial charge in [0.25, 0.3) is 0 Å². The topological polar surface area (TPSA) is 28.5 Å². The van der Waals surface area contributed by atoms with Crippen molar-refractivity contribution in [2.24, 2.45) is 4.99 Å². The molecule has 0 aliphatic carbocycles. The highest BCUT2D eigenvalue weighted by molar-refractivity contribution is 5.79. The zero-order valence-corrected chi connectivity index (χ0v) is 19.0. The predicted molar refractivity (Wildman–Crippen MR) is 130 cm³/mol. The number of hydrogen-bond acceptors (Lipinski definition) is 3. The normalized spacial score (nSPS) is 15.2. The Hall–Kier alpha value is -2.16. The Labute approximate surface area is 183 Å². The third-order valence-electron chi connectivity index (χ3n) is 6.27. The molecule has 30 heavy (non-hydrogen) atoms. The van der Waals surface area contributed by atoms with E-state index in [9.17, 15) is 0 Å². The monoisotopic (exact) mass is 405 g/mol. The molecule has 2 aromatic rings. The summed E-state index contributed by atoms with van der Waals surface area (Å²) in [5, 5.41) is 0. The molecule has 0 radical (unpaired) electrons. The van der Waals surface area contributed by atoms with Crippen LogP contribution in [0.4, 0.5) is 5.69 Å². The van der Waals surface area contributed by atoms with Gasteiger partial charge in [0, 0.05) is 37.4 Å². The lowest BCUT2D eigenvalue weighted by atomic mass is 9.94. The van der Waals surface area contributed by atoms with E-state index in [1.807, 2.05) is 30.7 Å². The zero-order chi connectivity index (χ0) is 21.0. The molecule has 0 saturated carbocycles. The Kier molecular flexibility index (Phi) is 9.40. The van der Waals surface area contributed by atoms with E-state index in [1.165, 1.54) is 57.1 Å². The largest absolute Gasteiger partial charge is 0.371 e. The van der Waals surface area contributed by atoms with Gasteiger partial charge in [-0.2, -0.15) is 0 Å². The summed E-state index contributed by atoms with van der Waals surface area (Å²) in [7, 11) is 0. The first-order valence-electron chi connectivity index (χ1n) is 12.1. The lowest BCUT2D eigenvalue weighted by molar-refractivity contribution is 0.503. The van der Waals surface area contributed by atoms with Gasteiger partial charge in [0.2, 0.25) is 0 Å². The molecule has 3 heteroatoms. The van der Waals surface area contributed by atoms with E-state index >= 15 is 0 Å². The van der Waals surface area contributed by atoms with Crippen molar-refractivity contribution in [1.82, 2.24) is 4.98 Å². The lowest BCUT2D eigenvalue weighted by Gasteiger charge is -2.34. The molecule has 0 unspecified atom stereocenters. The fourth-order valence-corrected chi connectivity index (χ4v) is 4.45. The van der Waals surface area contributed by atoms with E-state index in [1.54, 1.807) is 11.1 Å². The first-order valence-corrected chi connectivity index (χ1v) is 12.1. The second-order valence-corrected chi connectivity index (χ2v) is 8.61. The molecule has 162 valence electrons. The molecular formula is C27H39N3. The predicted octanol–water partition coefficient (Wildman–Crippen LogP) is 6.63. The summed E-state index contributed by atoms with van der Waals surface area (Å²) in [6, 6.07) is 11.5. The van der Waals surface area contributed by atoms with E-state index in [0.717, 1.165) is 31.5 Å². The third-order valence-corrected chi connectivity index (χ3v) is 6.27. The molecule has 1 aliphatic heterocycles. The number of nitrogens with zero attached hydrogens (tertiary/aromatic N) is 3. The second-order valence-electron chi connectivity index (χ2n) is 8.61. The standard InChI is InChI=1S/C27H39N3/c1-3-5-7-10-24-11-9-13-27(26(24)12-8-6-4-2)30-20-16-25(17-21-30)29-22-23-14-18-28-19-15-23/h9,11,13-15,18-19,22,25H,3-8,10,12,16-17,20-21H2,1-2H3. The highest BCUT2D eigenvalue weighted by Crippen LogP contribution is 2.30. The van der Waals surface area contributed by atoms with Crippen molar-refractivity contribution in [3.8, 4) is 0 Å². The average Bonchev–Trinajstić information content (AvgIpc) is 2.80. The van der Waals surface area contributed by atoms with Crippen LogP contribution >= 0.6 is 0 Å². The summed E-state index contributed by atoms with van der Waals surface area (Å²) >= 11 is 0. The SMILES string of the molecule is CCCCCc1cccc(N2CCC(N=Cc3ccncc3)CC2)c1CCCCC. The van der Waals surface area contributed by atoms with Crippen LogP contribution in [0.1, 0.15) is 81.9 Å². The number of unbranched alkanes of at least 4 members (excludes halogenated alkanes) is 4. The van der Waals surface area contributed by atoms with E-state index < -0.39 is 0 Å². The molecule has 3 rings (SSSR count). The number of aryl methyl sites for hydroxylation is 1. The number of piperidine rings is 1. The van der Waals surface area contributed by atoms with Crippen LogP contribution in [0.3, 0.4) is 0 Å². The van der Waals surface area contributed by atoms with Gasteiger partial charge in [-0.1, -0.05) is 51.7 Å². The molecule has 0 bridgehead atoms. The minimum absolute atomic E-state index is 0.436. The molecule has 0 N–H and O–H groups in total. The average molecular weight is 406 g/mol. The Morgan fingerprint density at radius 3 is 2.33 bits per heavy atom. The molecular weight excluding hydrogens is 366 g/mol.